The second-order valence-corrected chi connectivity index (χ2v) is 9.60. The molecule has 1 N–H and O–H groups in total. The summed E-state index contributed by atoms with van der Waals surface area (Å²) >= 11 is 0. The van der Waals surface area contributed by atoms with Crippen LogP contribution in [0.15, 0.2) is 30.3 Å². The van der Waals surface area contributed by atoms with Gasteiger partial charge in [0.25, 0.3) is 0 Å². The monoisotopic (exact) mass is 402 g/mol. The number of nitrogens with zero attached hydrogens (tertiary/aromatic N) is 1. The Labute approximate surface area is 168 Å². The molecule has 0 bridgehead atoms. The minimum Gasteiger partial charge on any atom is -0.348 e. The molecule has 0 spiro atoms. The number of nitrogens with one attached hydrogen (secondary N) is 1. The summed E-state index contributed by atoms with van der Waals surface area (Å²) < 4.78 is 25.8. The van der Waals surface area contributed by atoms with Gasteiger partial charge >= 0.3 is 0 Å². The van der Waals surface area contributed by atoms with E-state index >= 15 is 0 Å². The fraction of sp³-hybridized carbons (Fsp3) is 0.409. The third-order valence-electron chi connectivity index (χ3n) is 4.91. The van der Waals surface area contributed by atoms with Crippen molar-refractivity contribution in [2.45, 2.75) is 47.6 Å². The SMILES string of the molecule is Cc1cc(C)cc(N(CC(=O)N[C@H](C)c2cc(C)c(C)cc2C)S(C)(=O)=O)c1. The van der Waals surface area contributed by atoms with Gasteiger partial charge < -0.3 is 5.32 Å². The molecule has 0 fully saturated rings. The smallest absolute Gasteiger partial charge is 0.241 e. The minimum absolute atomic E-state index is 0.215. The normalized spacial score (nSPS) is 12.5. The summed E-state index contributed by atoms with van der Waals surface area (Å²) in [6.07, 6.45) is 1.12. The lowest BCUT2D eigenvalue weighted by molar-refractivity contribution is -0.120. The summed E-state index contributed by atoms with van der Waals surface area (Å²) in [5.74, 6) is -0.338. The van der Waals surface area contributed by atoms with Crippen LogP contribution in [0.3, 0.4) is 0 Å². The second kappa shape index (κ2) is 8.35. The van der Waals surface area contributed by atoms with Crippen LogP contribution in [0.1, 0.15) is 46.3 Å². The molecule has 1 amide bonds. The van der Waals surface area contributed by atoms with Gasteiger partial charge in [0.15, 0.2) is 0 Å². The predicted molar refractivity (Wildman–Crippen MR) is 115 cm³/mol. The maximum atomic E-state index is 12.7. The zero-order valence-electron chi connectivity index (χ0n) is 17.8. The van der Waals surface area contributed by atoms with Crippen LogP contribution in [0.2, 0.25) is 0 Å². The molecule has 0 unspecified atom stereocenters. The van der Waals surface area contributed by atoms with E-state index < -0.39 is 10.0 Å². The first-order chi connectivity index (χ1) is 12.9. The summed E-state index contributed by atoms with van der Waals surface area (Å²) in [6.45, 7) is 11.6. The molecule has 0 saturated heterocycles. The van der Waals surface area contributed by atoms with E-state index in [0.717, 1.165) is 38.4 Å². The van der Waals surface area contributed by atoms with Crippen molar-refractivity contribution in [1.82, 2.24) is 5.32 Å². The third kappa shape index (κ3) is 5.35. The molecule has 0 aromatic heterocycles. The Hall–Kier alpha value is -2.34. The van der Waals surface area contributed by atoms with Gasteiger partial charge in [-0.05, 0) is 87.1 Å². The lowest BCUT2D eigenvalue weighted by atomic mass is 9.96. The molecule has 28 heavy (non-hydrogen) atoms. The highest BCUT2D eigenvalue weighted by molar-refractivity contribution is 7.92. The van der Waals surface area contributed by atoms with Gasteiger partial charge in [-0.2, -0.15) is 0 Å². The van der Waals surface area contributed by atoms with Crippen LogP contribution >= 0.6 is 0 Å². The molecule has 0 aliphatic carbocycles. The van der Waals surface area contributed by atoms with E-state index in [2.05, 4.69) is 24.4 Å². The van der Waals surface area contributed by atoms with Crippen molar-refractivity contribution in [2.24, 2.45) is 0 Å². The average molecular weight is 403 g/mol. The van der Waals surface area contributed by atoms with Gasteiger partial charge in [0.2, 0.25) is 15.9 Å². The van der Waals surface area contributed by atoms with E-state index in [4.69, 9.17) is 0 Å². The highest BCUT2D eigenvalue weighted by Gasteiger charge is 2.22. The maximum Gasteiger partial charge on any atom is 0.241 e. The number of anilines is 1. The van der Waals surface area contributed by atoms with E-state index in [9.17, 15) is 13.2 Å². The summed E-state index contributed by atoms with van der Waals surface area (Å²) in [6, 6.07) is 9.48. The third-order valence-corrected chi connectivity index (χ3v) is 6.05. The van der Waals surface area contributed by atoms with E-state index in [-0.39, 0.29) is 18.5 Å². The van der Waals surface area contributed by atoms with Crippen LogP contribution in [0.25, 0.3) is 0 Å². The van der Waals surface area contributed by atoms with E-state index in [1.807, 2.05) is 40.7 Å². The average Bonchev–Trinajstić information content (AvgIpc) is 2.53. The van der Waals surface area contributed by atoms with Crippen LogP contribution in [0, 0.1) is 34.6 Å². The van der Waals surface area contributed by atoms with Gasteiger partial charge in [0.05, 0.1) is 18.0 Å². The number of benzene rings is 2. The van der Waals surface area contributed by atoms with Crippen LogP contribution in [-0.4, -0.2) is 27.1 Å². The molecule has 0 aliphatic heterocycles. The molecule has 6 heteroatoms. The Morgan fingerprint density at radius 2 is 1.46 bits per heavy atom. The molecule has 152 valence electrons. The maximum absolute atomic E-state index is 12.7. The molecule has 0 aliphatic rings. The van der Waals surface area contributed by atoms with Gasteiger partial charge in [0.1, 0.15) is 6.54 Å². The van der Waals surface area contributed by atoms with Crippen LogP contribution in [0.5, 0.6) is 0 Å². The van der Waals surface area contributed by atoms with E-state index in [1.54, 1.807) is 12.1 Å². The molecule has 0 radical (unpaired) electrons. The number of sulfonamides is 1. The summed E-state index contributed by atoms with van der Waals surface area (Å²) in [7, 11) is -3.59. The Morgan fingerprint density at radius 3 is 2.00 bits per heavy atom. The van der Waals surface area contributed by atoms with Gasteiger partial charge in [-0.3, -0.25) is 9.10 Å². The zero-order chi connectivity index (χ0) is 21.2. The lowest BCUT2D eigenvalue weighted by Gasteiger charge is -2.24. The van der Waals surface area contributed by atoms with Crippen molar-refractivity contribution >= 4 is 21.6 Å². The van der Waals surface area contributed by atoms with Gasteiger partial charge in [-0.1, -0.05) is 18.2 Å². The van der Waals surface area contributed by atoms with Crippen molar-refractivity contribution < 1.29 is 13.2 Å². The van der Waals surface area contributed by atoms with Crippen LogP contribution < -0.4 is 9.62 Å². The Balaban J connectivity index is 2.24. The molecular weight excluding hydrogens is 372 g/mol. The number of hydrogen-bond donors (Lipinski definition) is 1. The van der Waals surface area contributed by atoms with Gasteiger partial charge in [-0.15, -0.1) is 0 Å². The van der Waals surface area contributed by atoms with Gasteiger partial charge in [0, 0.05) is 0 Å². The van der Waals surface area contributed by atoms with Crippen LogP contribution in [-0.2, 0) is 14.8 Å². The van der Waals surface area contributed by atoms with E-state index in [0.29, 0.717) is 5.69 Å². The number of hydrogen-bond acceptors (Lipinski definition) is 3. The number of carbonyl (C=O) groups is 1. The van der Waals surface area contributed by atoms with Crippen molar-refractivity contribution in [3.05, 3.63) is 63.7 Å². The Kier molecular flexibility index (Phi) is 6.55. The fourth-order valence-corrected chi connectivity index (χ4v) is 4.28. The zero-order valence-corrected chi connectivity index (χ0v) is 18.6. The molecule has 1 atom stereocenters. The Morgan fingerprint density at radius 1 is 0.929 bits per heavy atom. The number of rotatable bonds is 6. The molecule has 2 aromatic carbocycles. The molecule has 2 rings (SSSR count). The molecular formula is C22H30N2O3S. The predicted octanol–water partition coefficient (Wildman–Crippen LogP) is 3.87. The van der Waals surface area contributed by atoms with E-state index in [1.165, 1.54) is 5.56 Å². The largest absolute Gasteiger partial charge is 0.348 e. The molecule has 2 aromatic rings. The van der Waals surface area contributed by atoms with Crippen molar-refractivity contribution in [1.29, 1.82) is 0 Å². The van der Waals surface area contributed by atoms with Crippen molar-refractivity contribution in [3.8, 4) is 0 Å². The minimum atomic E-state index is -3.59. The number of amides is 1. The van der Waals surface area contributed by atoms with Crippen LogP contribution in [0.4, 0.5) is 5.69 Å². The molecule has 0 saturated carbocycles. The first-order valence-corrected chi connectivity index (χ1v) is 11.2. The quantitative estimate of drug-likeness (QED) is 0.798. The van der Waals surface area contributed by atoms with Crippen molar-refractivity contribution in [3.63, 3.8) is 0 Å². The molecule has 5 nitrogen and oxygen atoms in total. The Bertz CT molecular complexity index is 977. The number of carbonyl (C=O) groups excluding carboxylic acids is 1. The number of aryl methyl sites for hydroxylation is 5. The summed E-state index contributed by atoms with van der Waals surface area (Å²) in [5, 5.41) is 2.94. The lowest BCUT2D eigenvalue weighted by Crippen LogP contribution is -2.41. The standard InChI is InChI=1S/C22H30N2O3S/c1-14-8-15(2)10-20(9-14)24(28(7,26)27)13-22(25)23-19(6)21-12-17(4)16(3)11-18(21)5/h8-12,19H,13H2,1-7H3,(H,23,25)/t19-/m1/s1. The molecule has 0 heterocycles. The van der Waals surface area contributed by atoms with Gasteiger partial charge in [-0.25, -0.2) is 8.42 Å². The topological polar surface area (TPSA) is 66.5 Å². The highest BCUT2D eigenvalue weighted by Crippen LogP contribution is 2.23. The summed E-state index contributed by atoms with van der Waals surface area (Å²) in [5.41, 5.74) is 6.91. The highest BCUT2D eigenvalue weighted by atomic mass is 32.2. The van der Waals surface area contributed by atoms with Crippen molar-refractivity contribution in [2.75, 3.05) is 17.1 Å². The second-order valence-electron chi connectivity index (χ2n) is 7.70. The summed E-state index contributed by atoms with van der Waals surface area (Å²) in [4.78, 5) is 12.7. The first kappa shape index (κ1) is 22.0. The first-order valence-electron chi connectivity index (χ1n) is 9.31. The fourth-order valence-electron chi connectivity index (χ4n) is 3.44.